The standard InChI is InChI=1S/C25H36O2/c1-16(23-5-4-14-27-23)20-8-9-21-19-7-6-17-15-18(26)10-12-24(17,2)22(19)11-13-25(20,21)3/h4-5,14,17-22,26H,1,6-13,15H2,2-3H3/t17-,18-,19-,20+,21-,22-,24-,25+/m0/s1. The van der Waals surface area contributed by atoms with Crippen molar-refractivity contribution in [2.45, 2.75) is 77.7 Å². The van der Waals surface area contributed by atoms with Gasteiger partial charge in [0.25, 0.3) is 0 Å². The van der Waals surface area contributed by atoms with E-state index in [0.717, 1.165) is 42.3 Å². The van der Waals surface area contributed by atoms with Gasteiger partial charge in [0, 0.05) is 0 Å². The molecule has 4 fully saturated rings. The van der Waals surface area contributed by atoms with Gasteiger partial charge < -0.3 is 9.52 Å². The molecule has 5 rings (SSSR count). The molecule has 1 aromatic heterocycles. The van der Waals surface area contributed by atoms with E-state index in [9.17, 15) is 5.11 Å². The molecule has 0 amide bonds. The maximum absolute atomic E-state index is 10.2. The van der Waals surface area contributed by atoms with Crippen LogP contribution in [0.5, 0.6) is 0 Å². The number of hydrogen-bond acceptors (Lipinski definition) is 2. The lowest BCUT2D eigenvalue weighted by molar-refractivity contribution is -0.123. The average molecular weight is 369 g/mol. The molecule has 1 N–H and O–H groups in total. The van der Waals surface area contributed by atoms with Gasteiger partial charge in [0.2, 0.25) is 0 Å². The van der Waals surface area contributed by atoms with Crippen LogP contribution in [0.1, 0.15) is 77.4 Å². The molecular weight excluding hydrogens is 332 g/mol. The summed E-state index contributed by atoms with van der Waals surface area (Å²) in [5.74, 6) is 4.93. The summed E-state index contributed by atoms with van der Waals surface area (Å²) in [5.41, 5.74) is 2.10. The Morgan fingerprint density at radius 1 is 1.04 bits per heavy atom. The van der Waals surface area contributed by atoms with Crippen LogP contribution in [0.2, 0.25) is 0 Å². The third kappa shape index (κ3) is 2.55. The Bertz CT molecular complexity index is 706. The fraction of sp³-hybridized carbons (Fsp3) is 0.760. The summed E-state index contributed by atoms with van der Waals surface area (Å²) < 4.78 is 5.71. The minimum Gasteiger partial charge on any atom is -0.465 e. The van der Waals surface area contributed by atoms with E-state index in [1.165, 1.54) is 50.5 Å². The van der Waals surface area contributed by atoms with E-state index in [2.05, 4.69) is 26.5 Å². The van der Waals surface area contributed by atoms with Crippen molar-refractivity contribution >= 4 is 5.57 Å². The Hall–Kier alpha value is -1.02. The first-order valence-electron chi connectivity index (χ1n) is 11.3. The quantitative estimate of drug-likeness (QED) is 0.663. The molecule has 0 radical (unpaired) electrons. The van der Waals surface area contributed by atoms with Crippen LogP contribution in [-0.4, -0.2) is 11.2 Å². The van der Waals surface area contributed by atoms with E-state index in [1.54, 1.807) is 6.26 Å². The smallest absolute Gasteiger partial charge is 0.129 e. The van der Waals surface area contributed by atoms with Crippen molar-refractivity contribution < 1.29 is 9.52 Å². The predicted molar refractivity (Wildman–Crippen MR) is 109 cm³/mol. The minimum absolute atomic E-state index is 0.0408. The van der Waals surface area contributed by atoms with Crippen LogP contribution in [0.3, 0.4) is 0 Å². The zero-order valence-corrected chi connectivity index (χ0v) is 17.1. The van der Waals surface area contributed by atoms with Gasteiger partial charge in [-0.3, -0.25) is 0 Å². The summed E-state index contributed by atoms with van der Waals surface area (Å²) in [4.78, 5) is 0. The second kappa shape index (κ2) is 6.24. The lowest BCUT2D eigenvalue weighted by Crippen LogP contribution is -2.53. The van der Waals surface area contributed by atoms with E-state index in [-0.39, 0.29) is 6.10 Å². The normalized spacial score (nSPS) is 49.1. The summed E-state index contributed by atoms with van der Waals surface area (Å²) >= 11 is 0. The molecule has 1 heterocycles. The van der Waals surface area contributed by atoms with E-state index < -0.39 is 0 Å². The number of furan rings is 1. The second-order valence-electron chi connectivity index (χ2n) is 10.8. The number of aliphatic hydroxyl groups is 1. The van der Waals surface area contributed by atoms with Gasteiger partial charge >= 0.3 is 0 Å². The van der Waals surface area contributed by atoms with E-state index in [1.807, 2.05) is 6.07 Å². The van der Waals surface area contributed by atoms with Gasteiger partial charge in [-0.05, 0) is 116 Å². The molecule has 1 aromatic rings. The van der Waals surface area contributed by atoms with Crippen molar-refractivity contribution in [3.63, 3.8) is 0 Å². The lowest BCUT2D eigenvalue weighted by Gasteiger charge is -2.61. The van der Waals surface area contributed by atoms with Crippen molar-refractivity contribution in [2.24, 2.45) is 40.4 Å². The zero-order valence-electron chi connectivity index (χ0n) is 17.1. The maximum atomic E-state index is 10.2. The molecule has 0 spiro atoms. The number of aliphatic hydroxyl groups excluding tert-OH is 1. The van der Waals surface area contributed by atoms with Crippen LogP contribution >= 0.6 is 0 Å². The molecule has 0 bridgehead atoms. The Morgan fingerprint density at radius 2 is 1.81 bits per heavy atom. The van der Waals surface area contributed by atoms with Gasteiger partial charge in [0.15, 0.2) is 0 Å². The van der Waals surface area contributed by atoms with E-state index in [4.69, 9.17) is 4.42 Å². The number of hydrogen-bond donors (Lipinski definition) is 1. The zero-order chi connectivity index (χ0) is 18.8. The highest BCUT2D eigenvalue weighted by atomic mass is 16.3. The summed E-state index contributed by atoms with van der Waals surface area (Å²) in [5, 5.41) is 10.2. The number of rotatable bonds is 2. The van der Waals surface area contributed by atoms with Crippen LogP contribution in [0.15, 0.2) is 29.4 Å². The molecule has 8 atom stereocenters. The van der Waals surface area contributed by atoms with Gasteiger partial charge in [-0.15, -0.1) is 0 Å². The molecule has 4 aliphatic carbocycles. The summed E-state index contributed by atoms with van der Waals surface area (Å²) in [6.45, 7) is 9.63. The van der Waals surface area contributed by atoms with Crippen LogP contribution in [0.25, 0.3) is 5.57 Å². The summed E-state index contributed by atoms with van der Waals surface area (Å²) in [6.07, 6.45) is 13.2. The second-order valence-corrected chi connectivity index (χ2v) is 10.8. The van der Waals surface area contributed by atoms with Crippen molar-refractivity contribution in [1.29, 1.82) is 0 Å². The average Bonchev–Trinajstić information content (AvgIpc) is 3.29. The Labute approximate surface area is 164 Å². The van der Waals surface area contributed by atoms with Crippen LogP contribution in [-0.2, 0) is 0 Å². The highest BCUT2D eigenvalue weighted by Crippen LogP contribution is 2.68. The molecule has 27 heavy (non-hydrogen) atoms. The predicted octanol–water partition coefficient (Wildman–Crippen LogP) is 6.31. The molecule has 4 saturated carbocycles. The summed E-state index contributed by atoms with van der Waals surface area (Å²) in [7, 11) is 0. The van der Waals surface area contributed by atoms with Crippen molar-refractivity contribution in [1.82, 2.24) is 0 Å². The fourth-order valence-corrected chi connectivity index (χ4v) is 8.44. The first-order chi connectivity index (χ1) is 12.9. The summed E-state index contributed by atoms with van der Waals surface area (Å²) in [6, 6.07) is 4.08. The highest BCUT2D eigenvalue weighted by molar-refractivity contribution is 5.62. The first-order valence-corrected chi connectivity index (χ1v) is 11.3. The SMILES string of the molecule is C=C(c1ccco1)[C@H]1CC[C@H]2[C@@H]3CC[C@H]4C[C@@H](O)CC[C@]4(C)[C@H]3CC[C@]12C. The minimum atomic E-state index is -0.0408. The highest BCUT2D eigenvalue weighted by Gasteiger charge is 2.60. The number of allylic oxidation sites excluding steroid dienone is 1. The Balaban J connectivity index is 1.41. The van der Waals surface area contributed by atoms with Crippen LogP contribution in [0.4, 0.5) is 0 Å². The molecule has 0 unspecified atom stereocenters. The third-order valence-electron chi connectivity index (χ3n) is 9.90. The van der Waals surface area contributed by atoms with Gasteiger partial charge in [-0.1, -0.05) is 20.4 Å². The molecule has 0 aromatic carbocycles. The maximum Gasteiger partial charge on any atom is 0.129 e. The topological polar surface area (TPSA) is 33.4 Å². The Kier molecular flexibility index (Phi) is 4.17. The van der Waals surface area contributed by atoms with Gasteiger partial charge in [0.1, 0.15) is 5.76 Å². The fourth-order valence-electron chi connectivity index (χ4n) is 8.44. The number of fused-ring (bicyclic) bond motifs is 5. The van der Waals surface area contributed by atoms with Crippen molar-refractivity contribution in [2.75, 3.05) is 0 Å². The molecular formula is C25H36O2. The molecule has 4 aliphatic rings. The Morgan fingerprint density at radius 3 is 2.59 bits per heavy atom. The lowest BCUT2D eigenvalue weighted by atomic mass is 9.44. The molecule has 0 saturated heterocycles. The van der Waals surface area contributed by atoms with Gasteiger partial charge in [0.05, 0.1) is 12.4 Å². The van der Waals surface area contributed by atoms with E-state index in [0.29, 0.717) is 16.7 Å². The van der Waals surface area contributed by atoms with Crippen molar-refractivity contribution in [3.05, 3.63) is 30.7 Å². The van der Waals surface area contributed by atoms with Gasteiger partial charge in [-0.2, -0.15) is 0 Å². The van der Waals surface area contributed by atoms with E-state index >= 15 is 0 Å². The largest absolute Gasteiger partial charge is 0.465 e. The van der Waals surface area contributed by atoms with Crippen LogP contribution < -0.4 is 0 Å². The van der Waals surface area contributed by atoms with Crippen LogP contribution in [0, 0.1) is 40.4 Å². The monoisotopic (exact) mass is 368 g/mol. The van der Waals surface area contributed by atoms with Crippen molar-refractivity contribution in [3.8, 4) is 0 Å². The molecule has 0 aliphatic heterocycles. The first kappa shape index (κ1) is 18.0. The van der Waals surface area contributed by atoms with Gasteiger partial charge in [-0.25, -0.2) is 0 Å². The molecule has 2 heteroatoms. The molecule has 148 valence electrons. The third-order valence-corrected chi connectivity index (χ3v) is 9.90. The molecule has 2 nitrogen and oxygen atoms in total.